The highest BCUT2D eigenvalue weighted by Crippen LogP contribution is 2.46. The van der Waals surface area contributed by atoms with Crippen LogP contribution in [0, 0.1) is 5.41 Å². The zero-order chi connectivity index (χ0) is 14.1. The van der Waals surface area contributed by atoms with Crippen LogP contribution < -0.4 is 10.5 Å². The number of carbonyl (C=O) groups is 1. The van der Waals surface area contributed by atoms with Gasteiger partial charge in [-0.25, -0.2) is 13.1 Å². The lowest BCUT2D eigenvalue weighted by Crippen LogP contribution is -2.52. The van der Waals surface area contributed by atoms with E-state index in [9.17, 15) is 13.2 Å². The van der Waals surface area contributed by atoms with Gasteiger partial charge in [-0.1, -0.05) is 0 Å². The molecule has 1 saturated carbocycles. The standard InChI is InChI=1S/C12H23N3O3S/c1-19(17,18)14-8-10-4-2-3-7-15(10)11(16)12(9-13)5-6-12/h10,14H,2-9,13H2,1H3. The molecule has 0 aromatic carbocycles. The normalized spacial score (nSPS) is 26.2. The lowest BCUT2D eigenvalue weighted by molar-refractivity contribution is -0.140. The topological polar surface area (TPSA) is 92.5 Å². The van der Waals surface area contributed by atoms with Gasteiger partial charge in [-0.3, -0.25) is 4.79 Å². The van der Waals surface area contributed by atoms with Crippen molar-refractivity contribution in [2.45, 2.75) is 38.1 Å². The van der Waals surface area contributed by atoms with Gasteiger partial charge in [0.2, 0.25) is 15.9 Å². The summed E-state index contributed by atoms with van der Waals surface area (Å²) in [7, 11) is -3.21. The quantitative estimate of drug-likeness (QED) is 0.724. The molecule has 0 radical (unpaired) electrons. The van der Waals surface area contributed by atoms with Crippen molar-refractivity contribution in [3.05, 3.63) is 0 Å². The van der Waals surface area contributed by atoms with Gasteiger partial charge in [-0.15, -0.1) is 0 Å². The van der Waals surface area contributed by atoms with Crippen LogP contribution in [0.15, 0.2) is 0 Å². The van der Waals surface area contributed by atoms with Crippen LogP contribution in [0.5, 0.6) is 0 Å². The average molecular weight is 289 g/mol. The Morgan fingerprint density at radius 1 is 1.42 bits per heavy atom. The first-order valence-corrected chi connectivity index (χ1v) is 8.73. The van der Waals surface area contributed by atoms with E-state index in [1.165, 1.54) is 0 Å². The summed E-state index contributed by atoms with van der Waals surface area (Å²) in [4.78, 5) is 14.4. The fourth-order valence-corrected chi connectivity index (χ4v) is 3.18. The first-order valence-electron chi connectivity index (χ1n) is 6.84. The third kappa shape index (κ3) is 3.46. The maximum Gasteiger partial charge on any atom is 0.230 e. The van der Waals surface area contributed by atoms with E-state index in [2.05, 4.69) is 4.72 Å². The Balaban J connectivity index is 2.02. The van der Waals surface area contributed by atoms with Crippen molar-refractivity contribution >= 4 is 15.9 Å². The van der Waals surface area contributed by atoms with Crippen molar-refractivity contribution in [3.63, 3.8) is 0 Å². The van der Waals surface area contributed by atoms with Gasteiger partial charge in [-0.05, 0) is 32.1 Å². The number of carbonyl (C=O) groups excluding carboxylic acids is 1. The van der Waals surface area contributed by atoms with E-state index in [4.69, 9.17) is 5.73 Å². The summed E-state index contributed by atoms with van der Waals surface area (Å²) in [5.41, 5.74) is 5.36. The van der Waals surface area contributed by atoms with Crippen molar-refractivity contribution in [2.24, 2.45) is 11.1 Å². The number of nitrogens with one attached hydrogen (secondary N) is 1. The van der Waals surface area contributed by atoms with Crippen molar-refractivity contribution in [1.82, 2.24) is 9.62 Å². The molecule has 1 atom stereocenters. The number of rotatable bonds is 5. The van der Waals surface area contributed by atoms with Crippen molar-refractivity contribution in [2.75, 3.05) is 25.9 Å². The van der Waals surface area contributed by atoms with Crippen molar-refractivity contribution in [1.29, 1.82) is 0 Å². The number of likely N-dealkylation sites (tertiary alicyclic amines) is 1. The first kappa shape index (κ1) is 14.7. The Morgan fingerprint density at radius 2 is 2.11 bits per heavy atom. The molecule has 7 heteroatoms. The van der Waals surface area contributed by atoms with E-state index >= 15 is 0 Å². The minimum atomic E-state index is -3.21. The predicted molar refractivity (Wildman–Crippen MR) is 72.9 cm³/mol. The lowest BCUT2D eigenvalue weighted by atomic mass is 9.97. The number of hydrogen-bond donors (Lipinski definition) is 2. The Labute approximate surface area is 114 Å². The van der Waals surface area contributed by atoms with Gasteiger partial charge in [-0.2, -0.15) is 0 Å². The van der Waals surface area contributed by atoms with Gasteiger partial charge >= 0.3 is 0 Å². The van der Waals surface area contributed by atoms with Crippen LogP contribution in [0.3, 0.4) is 0 Å². The molecule has 110 valence electrons. The number of nitrogens with zero attached hydrogens (tertiary/aromatic N) is 1. The molecule has 1 aliphatic heterocycles. The zero-order valence-corrected chi connectivity index (χ0v) is 12.2. The fourth-order valence-electron chi connectivity index (χ4n) is 2.69. The maximum absolute atomic E-state index is 12.5. The molecule has 2 rings (SSSR count). The Hall–Kier alpha value is -0.660. The van der Waals surface area contributed by atoms with Gasteiger partial charge in [0.15, 0.2) is 0 Å². The van der Waals surface area contributed by atoms with E-state index in [1.807, 2.05) is 4.90 Å². The summed E-state index contributed by atoms with van der Waals surface area (Å²) in [6.07, 6.45) is 5.76. The molecule has 0 aromatic heterocycles. The van der Waals surface area contributed by atoms with Gasteiger partial charge < -0.3 is 10.6 Å². The van der Waals surface area contributed by atoms with E-state index in [-0.39, 0.29) is 17.4 Å². The SMILES string of the molecule is CS(=O)(=O)NCC1CCCCN1C(=O)C1(CN)CC1. The molecule has 1 heterocycles. The molecule has 1 unspecified atom stereocenters. The van der Waals surface area contributed by atoms with Crippen LogP contribution in [-0.4, -0.2) is 51.2 Å². The van der Waals surface area contributed by atoms with Gasteiger partial charge in [0.05, 0.1) is 11.7 Å². The third-order valence-electron chi connectivity index (χ3n) is 4.17. The molecule has 1 aliphatic carbocycles. The highest BCUT2D eigenvalue weighted by Gasteiger charge is 2.51. The Bertz CT molecular complexity index is 445. The molecule has 3 N–H and O–H groups in total. The van der Waals surface area contributed by atoms with Gasteiger partial charge in [0.1, 0.15) is 0 Å². The molecule has 0 bridgehead atoms. The van der Waals surface area contributed by atoms with Crippen LogP contribution in [0.4, 0.5) is 0 Å². The summed E-state index contributed by atoms with van der Waals surface area (Å²) in [5.74, 6) is 0.120. The highest BCUT2D eigenvalue weighted by molar-refractivity contribution is 7.88. The molecule has 2 aliphatic rings. The van der Waals surface area contributed by atoms with Crippen LogP contribution in [0.25, 0.3) is 0 Å². The van der Waals surface area contributed by atoms with Gasteiger partial charge in [0.25, 0.3) is 0 Å². The Kier molecular flexibility index (Phi) is 4.17. The van der Waals surface area contributed by atoms with E-state index in [1.54, 1.807) is 0 Å². The Morgan fingerprint density at radius 3 is 2.63 bits per heavy atom. The summed E-state index contributed by atoms with van der Waals surface area (Å²) in [5, 5.41) is 0. The van der Waals surface area contributed by atoms with Crippen molar-refractivity contribution < 1.29 is 13.2 Å². The number of nitrogens with two attached hydrogens (primary N) is 1. The summed E-state index contributed by atoms with van der Waals surface area (Å²) in [6, 6.07) is -0.0278. The highest BCUT2D eigenvalue weighted by atomic mass is 32.2. The molecule has 1 saturated heterocycles. The van der Waals surface area contributed by atoms with E-state index in [0.717, 1.165) is 44.9 Å². The van der Waals surface area contributed by atoms with Crippen LogP contribution in [0.1, 0.15) is 32.1 Å². The van der Waals surface area contributed by atoms with E-state index < -0.39 is 10.0 Å². The second kappa shape index (κ2) is 5.38. The largest absolute Gasteiger partial charge is 0.338 e. The minimum absolute atomic E-state index is 0.0278. The molecular weight excluding hydrogens is 266 g/mol. The maximum atomic E-state index is 12.5. The second-order valence-corrected chi connectivity index (χ2v) is 7.59. The fraction of sp³-hybridized carbons (Fsp3) is 0.917. The van der Waals surface area contributed by atoms with Gasteiger partial charge in [0, 0.05) is 25.7 Å². The monoisotopic (exact) mass is 289 g/mol. The molecule has 2 fully saturated rings. The van der Waals surface area contributed by atoms with Crippen LogP contribution in [0.2, 0.25) is 0 Å². The third-order valence-corrected chi connectivity index (χ3v) is 4.86. The molecule has 0 aromatic rings. The first-order chi connectivity index (χ1) is 8.88. The van der Waals surface area contributed by atoms with Crippen molar-refractivity contribution in [3.8, 4) is 0 Å². The molecule has 0 spiro atoms. The number of amides is 1. The number of sulfonamides is 1. The predicted octanol–water partition coefficient (Wildman–Crippen LogP) is -0.344. The number of hydrogen-bond acceptors (Lipinski definition) is 4. The second-order valence-electron chi connectivity index (χ2n) is 5.75. The average Bonchev–Trinajstić information content (AvgIpc) is 3.16. The molecule has 6 nitrogen and oxygen atoms in total. The molecule has 1 amide bonds. The van der Waals surface area contributed by atoms with Crippen LogP contribution in [-0.2, 0) is 14.8 Å². The summed E-state index contributed by atoms with van der Waals surface area (Å²) >= 11 is 0. The smallest absolute Gasteiger partial charge is 0.230 e. The van der Waals surface area contributed by atoms with E-state index in [0.29, 0.717) is 13.1 Å². The molecule has 19 heavy (non-hydrogen) atoms. The zero-order valence-electron chi connectivity index (χ0n) is 11.4. The minimum Gasteiger partial charge on any atom is -0.338 e. The summed E-state index contributed by atoms with van der Waals surface area (Å²) in [6.45, 7) is 1.43. The van der Waals surface area contributed by atoms with Crippen LogP contribution >= 0.6 is 0 Å². The number of piperidine rings is 1. The lowest BCUT2D eigenvalue weighted by Gasteiger charge is -2.38. The summed E-state index contributed by atoms with van der Waals surface area (Å²) < 4.78 is 24.9. The molecular formula is C12H23N3O3S.